The predicted octanol–water partition coefficient (Wildman–Crippen LogP) is 0.393. The van der Waals surface area contributed by atoms with Crippen LogP contribution < -0.4 is 0 Å². The molecular weight excluding hydrogens is 156 g/mol. The van der Waals surface area contributed by atoms with Gasteiger partial charge in [0, 0.05) is 13.0 Å². The van der Waals surface area contributed by atoms with E-state index in [0.29, 0.717) is 13.0 Å². The third kappa shape index (κ3) is 3.35. The van der Waals surface area contributed by atoms with Crippen LogP contribution in [0.2, 0.25) is 0 Å². The summed E-state index contributed by atoms with van der Waals surface area (Å²) < 4.78 is 4.55. The van der Waals surface area contributed by atoms with Gasteiger partial charge in [0.1, 0.15) is 6.04 Å². The molecule has 0 aromatic carbocycles. The minimum Gasteiger partial charge on any atom is -0.468 e. The molecule has 0 aliphatic rings. The van der Waals surface area contributed by atoms with Crippen LogP contribution in [0.5, 0.6) is 0 Å². The zero-order valence-electron chi connectivity index (χ0n) is 7.70. The van der Waals surface area contributed by atoms with Crippen molar-refractivity contribution in [3.8, 4) is 6.07 Å². The molecule has 0 saturated carbocycles. The molecule has 4 heteroatoms. The number of nitrogens with zero attached hydrogens (tertiary/aromatic N) is 2. The van der Waals surface area contributed by atoms with E-state index in [1.165, 1.54) is 7.11 Å². The van der Waals surface area contributed by atoms with Crippen LogP contribution in [0.3, 0.4) is 0 Å². The average Bonchev–Trinajstić information content (AvgIpc) is 2.11. The van der Waals surface area contributed by atoms with Gasteiger partial charge < -0.3 is 4.74 Å². The number of carbonyl (C=O) groups is 1. The Morgan fingerprint density at radius 2 is 2.33 bits per heavy atom. The van der Waals surface area contributed by atoms with Gasteiger partial charge in [0.05, 0.1) is 13.2 Å². The average molecular weight is 170 g/mol. The van der Waals surface area contributed by atoms with E-state index in [-0.39, 0.29) is 12.0 Å². The first-order valence-corrected chi connectivity index (χ1v) is 3.78. The van der Waals surface area contributed by atoms with Crippen LogP contribution in [0.4, 0.5) is 0 Å². The lowest BCUT2D eigenvalue weighted by molar-refractivity contribution is -0.145. The number of hydrogen-bond donors (Lipinski definition) is 0. The normalized spacial score (nSPS) is 12.2. The lowest BCUT2D eigenvalue weighted by Crippen LogP contribution is -2.37. The number of likely N-dealkylation sites (N-methyl/N-ethyl adjacent to an activating group) is 1. The highest BCUT2D eigenvalue weighted by atomic mass is 16.5. The monoisotopic (exact) mass is 170 g/mol. The summed E-state index contributed by atoms with van der Waals surface area (Å²) in [7, 11) is 3.15. The molecule has 0 bridgehead atoms. The Morgan fingerprint density at radius 1 is 1.75 bits per heavy atom. The minimum absolute atomic E-state index is 0.268. The van der Waals surface area contributed by atoms with Crippen molar-refractivity contribution in [1.29, 1.82) is 5.26 Å². The zero-order chi connectivity index (χ0) is 9.56. The molecule has 68 valence electrons. The maximum Gasteiger partial charge on any atom is 0.322 e. The second-order valence-corrected chi connectivity index (χ2v) is 2.59. The van der Waals surface area contributed by atoms with Gasteiger partial charge in [0.2, 0.25) is 0 Å². The van der Waals surface area contributed by atoms with Crippen LogP contribution >= 0.6 is 0 Å². The number of ether oxygens (including phenoxy) is 1. The number of nitriles is 1. The zero-order valence-corrected chi connectivity index (χ0v) is 7.70. The van der Waals surface area contributed by atoms with Crippen LogP contribution in [0.25, 0.3) is 0 Å². The van der Waals surface area contributed by atoms with Crippen molar-refractivity contribution in [3.05, 3.63) is 0 Å². The molecule has 0 N–H and O–H groups in total. The Kier molecular flexibility index (Phi) is 5.06. The van der Waals surface area contributed by atoms with Gasteiger partial charge in [-0.2, -0.15) is 5.26 Å². The number of methoxy groups -OCH3 is 1. The Hall–Kier alpha value is -1.08. The van der Waals surface area contributed by atoms with Crippen molar-refractivity contribution in [2.45, 2.75) is 19.4 Å². The van der Waals surface area contributed by atoms with E-state index in [1.807, 2.05) is 6.07 Å². The van der Waals surface area contributed by atoms with Crippen molar-refractivity contribution in [2.75, 3.05) is 20.7 Å². The molecule has 12 heavy (non-hydrogen) atoms. The van der Waals surface area contributed by atoms with Gasteiger partial charge in [0.15, 0.2) is 0 Å². The van der Waals surface area contributed by atoms with Gasteiger partial charge in [-0.3, -0.25) is 9.69 Å². The topological polar surface area (TPSA) is 53.3 Å². The van der Waals surface area contributed by atoms with Gasteiger partial charge in [0.25, 0.3) is 0 Å². The second kappa shape index (κ2) is 5.56. The first-order chi connectivity index (χ1) is 5.63. The summed E-state index contributed by atoms with van der Waals surface area (Å²) in [4.78, 5) is 12.8. The molecule has 0 rings (SSSR count). The van der Waals surface area contributed by atoms with Gasteiger partial charge in [-0.25, -0.2) is 0 Å². The summed E-state index contributed by atoms with van der Waals surface area (Å²) in [6.45, 7) is 2.34. The van der Waals surface area contributed by atoms with E-state index in [1.54, 1.807) is 18.9 Å². The smallest absolute Gasteiger partial charge is 0.322 e. The molecule has 0 saturated heterocycles. The van der Waals surface area contributed by atoms with Crippen LogP contribution in [0.15, 0.2) is 0 Å². The van der Waals surface area contributed by atoms with Gasteiger partial charge in [-0.1, -0.05) is 0 Å². The van der Waals surface area contributed by atoms with Gasteiger partial charge in [-0.15, -0.1) is 0 Å². The number of rotatable bonds is 4. The van der Waals surface area contributed by atoms with Crippen molar-refractivity contribution in [1.82, 2.24) is 4.90 Å². The summed E-state index contributed by atoms with van der Waals surface area (Å²) in [6, 6.07) is 1.74. The summed E-state index contributed by atoms with van der Waals surface area (Å²) in [6.07, 6.45) is 0.428. The summed E-state index contributed by atoms with van der Waals surface area (Å²) in [5.74, 6) is -0.268. The van der Waals surface area contributed by atoms with Gasteiger partial charge >= 0.3 is 5.97 Å². The van der Waals surface area contributed by atoms with E-state index >= 15 is 0 Å². The standard InChI is InChI=1S/C8H14N2O2/c1-7(8(11)12-3)10(2)6-4-5-9/h7H,4,6H2,1-3H3. The fraction of sp³-hybridized carbons (Fsp3) is 0.750. The van der Waals surface area contributed by atoms with E-state index in [0.717, 1.165) is 0 Å². The third-order valence-electron chi connectivity index (χ3n) is 1.78. The summed E-state index contributed by atoms with van der Waals surface area (Å²) in [5, 5.41) is 8.30. The quantitative estimate of drug-likeness (QED) is 0.573. The van der Waals surface area contributed by atoms with Crippen molar-refractivity contribution >= 4 is 5.97 Å². The van der Waals surface area contributed by atoms with Crippen molar-refractivity contribution in [2.24, 2.45) is 0 Å². The van der Waals surface area contributed by atoms with Crippen LogP contribution in [0, 0.1) is 11.3 Å². The van der Waals surface area contributed by atoms with E-state index < -0.39 is 0 Å². The molecule has 0 aliphatic heterocycles. The SMILES string of the molecule is COC(=O)C(C)N(C)CCC#N. The van der Waals surface area contributed by atoms with Crippen LogP contribution in [0.1, 0.15) is 13.3 Å². The Bertz CT molecular complexity index is 186. The molecule has 1 atom stereocenters. The Balaban J connectivity index is 3.85. The first kappa shape index (κ1) is 10.9. The molecular formula is C8H14N2O2. The maximum atomic E-state index is 11.0. The fourth-order valence-electron chi connectivity index (χ4n) is 0.771. The summed E-state index contributed by atoms with van der Waals surface area (Å²) in [5.41, 5.74) is 0. The van der Waals surface area contributed by atoms with E-state index in [2.05, 4.69) is 4.74 Å². The lowest BCUT2D eigenvalue weighted by Gasteiger charge is -2.20. The largest absolute Gasteiger partial charge is 0.468 e. The second-order valence-electron chi connectivity index (χ2n) is 2.59. The van der Waals surface area contributed by atoms with E-state index in [9.17, 15) is 4.79 Å². The molecule has 4 nitrogen and oxygen atoms in total. The van der Waals surface area contributed by atoms with Crippen LogP contribution in [-0.2, 0) is 9.53 Å². The molecule has 0 spiro atoms. The number of carbonyl (C=O) groups excluding carboxylic acids is 1. The molecule has 0 radical (unpaired) electrons. The van der Waals surface area contributed by atoms with Gasteiger partial charge in [-0.05, 0) is 14.0 Å². The van der Waals surface area contributed by atoms with Crippen molar-refractivity contribution < 1.29 is 9.53 Å². The Labute approximate surface area is 72.7 Å². The number of esters is 1. The minimum atomic E-state index is -0.275. The maximum absolute atomic E-state index is 11.0. The lowest BCUT2D eigenvalue weighted by atomic mass is 10.3. The molecule has 0 aliphatic carbocycles. The highest BCUT2D eigenvalue weighted by Crippen LogP contribution is 1.98. The molecule has 0 fully saturated rings. The Morgan fingerprint density at radius 3 is 2.75 bits per heavy atom. The van der Waals surface area contributed by atoms with E-state index in [4.69, 9.17) is 5.26 Å². The van der Waals surface area contributed by atoms with Crippen molar-refractivity contribution in [3.63, 3.8) is 0 Å². The molecule has 0 heterocycles. The molecule has 0 aromatic rings. The number of hydrogen-bond acceptors (Lipinski definition) is 4. The first-order valence-electron chi connectivity index (χ1n) is 3.78. The highest BCUT2D eigenvalue weighted by molar-refractivity contribution is 5.75. The highest BCUT2D eigenvalue weighted by Gasteiger charge is 2.17. The fourth-order valence-corrected chi connectivity index (χ4v) is 0.771. The third-order valence-corrected chi connectivity index (χ3v) is 1.78. The molecule has 1 unspecified atom stereocenters. The molecule has 0 aromatic heterocycles. The molecule has 0 amide bonds. The predicted molar refractivity (Wildman–Crippen MR) is 44.3 cm³/mol. The van der Waals surface area contributed by atoms with Crippen LogP contribution in [-0.4, -0.2) is 37.6 Å². The summed E-state index contributed by atoms with van der Waals surface area (Å²) >= 11 is 0.